The standard InChI is InChI=1S/C20H25FN2O5S/c1-4-27-18-12-9-16(14-19(18)29(25,26)23(2)3)22-20(24)6-5-13-28-17-10-7-15(21)8-11-17/h7-12,14H,4-6,13H2,1-3H3,(H,22,24). The summed E-state index contributed by atoms with van der Waals surface area (Å²) in [7, 11) is -0.876. The first kappa shape index (κ1) is 22.6. The molecule has 1 N–H and O–H groups in total. The molecule has 7 nitrogen and oxygen atoms in total. The number of carbonyl (C=O) groups is 1. The van der Waals surface area contributed by atoms with Crippen molar-refractivity contribution in [1.29, 1.82) is 0 Å². The second-order valence-corrected chi connectivity index (χ2v) is 8.46. The molecule has 0 radical (unpaired) electrons. The van der Waals surface area contributed by atoms with Crippen LogP contribution in [0.5, 0.6) is 11.5 Å². The average molecular weight is 424 g/mol. The van der Waals surface area contributed by atoms with Crippen molar-refractivity contribution < 1.29 is 27.1 Å². The summed E-state index contributed by atoms with van der Waals surface area (Å²) in [6.45, 7) is 2.37. The van der Waals surface area contributed by atoms with Gasteiger partial charge in [0.15, 0.2) is 0 Å². The zero-order valence-electron chi connectivity index (χ0n) is 16.6. The monoisotopic (exact) mass is 424 g/mol. The second-order valence-electron chi connectivity index (χ2n) is 6.34. The number of halogens is 1. The molecule has 0 fully saturated rings. The number of ether oxygens (including phenoxy) is 2. The zero-order chi connectivity index (χ0) is 21.4. The highest BCUT2D eigenvalue weighted by Gasteiger charge is 2.23. The third-order valence-electron chi connectivity index (χ3n) is 3.92. The molecule has 0 aliphatic heterocycles. The number of hydrogen-bond acceptors (Lipinski definition) is 5. The van der Waals surface area contributed by atoms with Gasteiger partial charge in [-0.3, -0.25) is 4.79 Å². The van der Waals surface area contributed by atoms with E-state index in [-0.39, 0.29) is 28.8 Å². The zero-order valence-corrected chi connectivity index (χ0v) is 17.5. The Balaban J connectivity index is 1.96. The van der Waals surface area contributed by atoms with Crippen LogP contribution in [0.3, 0.4) is 0 Å². The van der Waals surface area contributed by atoms with Crippen molar-refractivity contribution in [1.82, 2.24) is 4.31 Å². The van der Waals surface area contributed by atoms with Gasteiger partial charge in [0.25, 0.3) is 0 Å². The summed E-state index contributed by atoms with van der Waals surface area (Å²) >= 11 is 0. The SMILES string of the molecule is CCOc1ccc(NC(=O)CCCOc2ccc(F)cc2)cc1S(=O)(=O)N(C)C. The molecule has 29 heavy (non-hydrogen) atoms. The Kier molecular flexibility index (Phi) is 7.98. The van der Waals surface area contributed by atoms with E-state index < -0.39 is 10.0 Å². The maximum Gasteiger partial charge on any atom is 0.246 e. The van der Waals surface area contributed by atoms with Crippen molar-refractivity contribution >= 4 is 21.6 Å². The van der Waals surface area contributed by atoms with Gasteiger partial charge in [0.05, 0.1) is 13.2 Å². The number of amides is 1. The van der Waals surface area contributed by atoms with Gasteiger partial charge in [-0.25, -0.2) is 17.1 Å². The highest BCUT2D eigenvalue weighted by Crippen LogP contribution is 2.29. The first-order valence-electron chi connectivity index (χ1n) is 9.11. The third-order valence-corrected chi connectivity index (χ3v) is 5.75. The van der Waals surface area contributed by atoms with E-state index in [1.165, 1.54) is 50.5 Å². The predicted molar refractivity (Wildman–Crippen MR) is 108 cm³/mol. The molecule has 0 spiro atoms. The van der Waals surface area contributed by atoms with Gasteiger partial charge in [0.2, 0.25) is 15.9 Å². The van der Waals surface area contributed by atoms with Crippen molar-refractivity contribution in [2.75, 3.05) is 32.6 Å². The van der Waals surface area contributed by atoms with Gasteiger partial charge in [0.1, 0.15) is 22.2 Å². The fourth-order valence-electron chi connectivity index (χ4n) is 2.44. The van der Waals surface area contributed by atoms with E-state index in [0.29, 0.717) is 31.1 Å². The van der Waals surface area contributed by atoms with Gasteiger partial charge in [-0.15, -0.1) is 0 Å². The fraction of sp³-hybridized carbons (Fsp3) is 0.350. The van der Waals surface area contributed by atoms with Crippen LogP contribution >= 0.6 is 0 Å². The molecule has 0 aliphatic rings. The van der Waals surface area contributed by atoms with Crippen LogP contribution in [-0.2, 0) is 14.8 Å². The first-order valence-corrected chi connectivity index (χ1v) is 10.6. The van der Waals surface area contributed by atoms with E-state index in [0.717, 1.165) is 4.31 Å². The van der Waals surface area contributed by atoms with E-state index in [1.807, 2.05) is 0 Å². The molecule has 2 aromatic carbocycles. The van der Waals surface area contributed by atoms with Crippen LogP contribution in [0.25, 0.3) is 0 Å². The Morgan fingerprint density at radius 3 is 2.41 bits per heavy atom. The molecule has 2 aromatic rings. The van der Waals surface area contributed by atoms with E-state index in [1.54, 1.807) is 13.0 Å². The summed E-state index contributed by atoms with van der Waals surface area (Å²) in [5, 5.41) is 2.69. The predicted octanol–water partition coefficient (Wildman–Crippen LogP) is 3.27. The van der Waals surface area contributed by atoms with Gasteiger partial charge in [-0.05, 0) is 55.8 Å². The number of sulfonamides is 1. The minimum atomic E-state index is -3.73. The lowest BCUT2D eigenvalue weighted by Gasteiger charge is -2.16. The van der Waals surface area contributed by atoms with Crippen LogP contribution in [0, 0.1) is 5.82 Å². The van der Waals surface area contributed by atoms with Crippen molar-refractivity contribution in [2.24, 2.45) is 0 Å². The minimum Gasteiger partial charge on any atom is -0.494 e. The molecule has 0 atom stereocenters. The van der Waals surface area contributed by atoms with Crippen molar-refractivity contribution in [2.45, 2.75) is 24.7 Å². The third kappa shape index (κ3) is 6.43. The molecule has 0 saturated carbocycles. The number of carbonyl (C=O) groups excluding carboxylic acids is 1. The Morgan fingerprint density at radius 1 is 1.10 bits per heavy atom. The summed E-state index contributed by atoms with van der Waals surface area (Å²) in [6, 6.07) is 10.1. The summed E-state index contributed by atoms with van der Waals surface area (Å²) in [5.74, 6) is 0.136. The minimum absolute atomic E-state index is 0.0122. The Morgan fingerprint density at radius 2 is 1.79 bits per heavy atom. The van der Waals surface area contributed by atoms with E-state index in [2.05, 4.69) is 5.32 Å². The number of nitrogens with zero attached hydrogens (tertiary/aromatic N) is 1. The van der Waals surface area contributed by atoms with Gasteiger partial charge in [0, 0.05) is 26.2 Å². The lowest BCUT2D eigenvalue weighted by atomic mass is 10.2. The number of nitrogens with one attached hydrogen (secondary N) is 1. The number of anilines is 1. The van der Waals surface area contributed by atoms with Crippen LogP contribution in [0.1, 0.15) is 19.8 Å². The second kappa shape index (κ2) is 10.2. The smallest absolute Gasteiger partial charge is 0.246 e. The van der Waals surface area contributed by atoms with Crippen LogP contribution in [-0.4, -0.2) is 45.9 Å². The molecule has 0 unspecified atom stereocenters. The first-order chi connectivity index (χ1) is 13.7. The number of benzene rings is 2. The van der Waals surface area contributed by atoms with Crippen LogP contribution in [0.4, 0.5) is 10.1 Å². The van der Waals surface area contributed by atoms with Gasteiger partial charge >= 0.3 is 0 Å². The molecule has 0 aliphatic carbocycles. The fourth-order valence-corrected chi connectivity index (χ4v) is 3.49. The molecule has 0 saturated heterocycles. The van der Waals surface area contributed by atoms with E-state index >= 15 is 0 Å². The lowest BCUT2D eigenvalue weighted by molar-refractivity contribution is -0.116. The largest absolute Gasteiger partial charge is 0.494 e. The average Bonchev–Trinajstić information content (AvgIpc) is 2.68. The van der Waals surface area contributed by atoms with Crippen LogP contribution in [0.2, 0.25) is 0 Å². The molecule has 9 heteroatoms. The van der Waals surface area contributed by atoms with Crippen molar-refractivity contribution in [3.63, 3.8) is 0 Å². The Bertz CT molecular complexity index is 930. The van der Waals surface area contributed by atoms with E-state index in [4.69, 9.17) is 9.47 Å². The Hall–Kier alpha value is -2.65. The number of rotatable bonds is 10. The van der Waals surface area contributed by atoms with E-state index in [9.17, 15) is 17.6 Å². The lowest BCUT2D eigenvalue weighted by Crippen LogP contribution is -2.23. The Labute approximate surface area is 170 Å². The highest BCUT2D eigenvalue weighted by atomic mass is 32.2. The molecule has 1 amide bonds. The van der Waals surface area contributed by atoms with Crippen LogP contribution < -0.4 is 14.8 Å². The molecule has 158 valence electrons. The molecule has 0 heterocycles. The molecule has 2 rings (SSSR count). The molecular weight excluding hydrogens is 399 g/mol. The molecular formula is C20H25FN2O5S. The topological polar surface area (TPSA) is 84.9 Å². The maximum atomic E-state index is 12.8. The summed E-state index contributed by atoms with van der Waals surface area (Å²) in [4.78, 5) is 12.2. The van der Waals surface area contributed by atoms with Crippen molar-refractivity contribution in [3.8, 4) is 11.5 Å². The maximum absolute atomic E-state index is 12.8. The van der Waals surface area contributed by atoms with Crippen molar-refractivity contribution in [3.05, 3.63) is 48.3 Å². The number of hydrogen-bond donors (Lipinski definition) is 1. The molecule has 0 bridgehead atoms. The summed E-state index contributed by atoms with van der Waals surface area (Å²) in [6.07, 6.45) is 0.632. The highest BCUT2D eigenvalue weighted by molar-refractivity contribution is 7.89. The van der Waals surface area contributed by atoms with Gasteiger partial charge < -0.3 is 14.8 Å². The summed E-state index contributed by atoms with van der Waals surface area (Å²) in [5.41, 5.74) is 0.360. The van der Waals surface area contributed by atoms with Gasteiger partial charge in [-0.2, -0.15) is 0 Å². The normalized spacial score (nSPS) is 11.3. The van der Waals surface area contributed by atoms with Crippen LogP contribution in [0.15, 0.2) is 47.4 Å². The molecule has 0 aromatic heterocycles. The van der Waals surface area contributed by atoms with Gasteiger partial charge in [-0.1, -0.05) is 0 Å². The summed E-state index contributed by atoms with van der Waals surface area (Å²) < 4.78 is 49.8. The quantitative estimate of drug-likeness (QED) is 0.592.